The Hall–Kier alpha value is -10.8. The predicted molar refractivity (Wildman–Crippen MR) is 346 cm³/mol. The molecule has 4 unspecified atom stereocenters. The highest BCUT2D eigenvalue weighted by molar-refractivity contribution is 6.79. The average molecular weight is 1100 g/mol. The molecular weight excluding hydrogens is 1080 g/mol. The highest BCUT2D eigenvalue weighted by atomic mass is 16.5. The molecule has 26 aromatic carbocycles. The molecule has 4 spiro atoms. The van der Waals surface area contributed by atoms with Gasteiger partial charge < -0.3 is 14.2 Å². The van der Waals surface area contributed by atoms with Crippen LogP contribution in [0.4, 0.5) is 0 Å². The second-order valence-electron chi connectivity index (χ2n) is 30.1. The van der Waals surface area contributed by atoms with Gasteiger partial charge in [0.05, 0.1) is 43.0 Å². The van der Waals surface area contributed by atoms with Gasteiger partial charge in [0, 0.05) is 0 Å². The van der Waals surface area contributed by atoms with Crippen LogP contribution in [-0.4, -0.2) is 44.9 Å². The number of esters is 3. The molecular formula is C81H19NO6. The van der Waals surface area contributed by atoms with Gasteiger partial charge in [-0.1, -0.05) is 60.7 Å². The molecule has 9 aliphatic carbocycles. The van der Waals surface area contributed by atoms with E-state index in [2.05, 4.69) is 60.7 Å². The zero-order chi connectivity index (χ0) is 54.7. The second kappa shape index (κ2) is 8.51. The van der Waals surface area contributed by atoms with E-state index in [-0.39, 0.29) is 0 Å². The molecule has 1 fully saturated rings. The molecule has 26 aromatic rings. The molecule has 0 aromatic heterocycles. The van der Waals surface area contributed by atoms with Crippen LogP contribution in [0.15, 0.2) is 65.7 Å². The highest BCUT2D eigenvalue weighted by Crippen LogP contribution is 2.98. The number of carbonyl (C=O) groups is 3. The first-order valence-corrected chi connectivity index (χ1v) is 31.5. The third-order valence-electron chi connectivity index (χ3n) is 30.1. The van der Waals surface area contributed by atoms with Crippen molar-refractivity contribution in [1.29, 1.82) is 0 Å². The summed E-state index contributed by atoms with van der Waals surface area (Å²) in [5.41, 5.74) is 3.35. The third-order valence-corrected chi connectivity index (χ3v) is 30.1. The van der Waals surface area contributed by atoms with Crippen LogP contribution >= 0.6 is 0 Å². The van der Waals surface area contributed by atoms with Gasteiger partial charge in [-0.25, -0.2) is 4.79 Å². The molecule has 1 heterocycles. The maximum atomic E-state index is 17.1. The Kier molecular flexibility index (Phi) is 3.51. The fourth-order valence-corrected chi connectivity index (χ4v) is 30.1. The van der Waals surface area contributed by atoms with Crippen molar-refractivity contribution in [3.63, 3.8) is 0 Å². The van der Waals surface area contributed by atoms with Crippen molar-refractivity contribution < 1.29 is 28.6 Å². The SMILES string of the molecule is COC(=O)C1=NC(c2ccccc2)(c2ccccc2)C23c4c5c6c7c8c9c%10c%11c%12c%13c%14c%15c%16c(c%17c%18c2c2c4c4c%19c5c7c5c9c7c%11c9c%12c%11c%12c%13c%15c%17c%13c%18c%15c2c2c4c4c%19c5c7c5c9c7c%11c(c%13%12)c%15c2c7c45)C13C=6C=%16C81C(C(=O)OC)(C(=O)OC)C%14%101. The summed E-state index contributed by atoms with van der Waals surface area (Å²) < 4.78 is 19.5. The first kappa shape index (κ1) is 36.3. The predicted octanol–water partition coefficient (Wildman–Crippen LogP) is 14.8. The number of aliphatic imine (C=N–C) groups is 1. The maximum absolute atomic E-state index is 17.1. The van der Waals surface area contributed by atoms with E-state index in [1.54, 1.807) is 7.11 Å². The van der Waals surface area contributed by atoms with Crippen LogP contribution < -0.4 is 10.4 Å². The molecule has 0 amide bonds. The molecule has 384 valence electrons. The van der Waals surface area contributed by atoms with Crippen molar-refractivity contribution in [2.75, 3.05) is 21.3 Å². The lowest BCUT2D eigenvalue weighted by Crippen LogP contribution is -2.64. The Morgan fingerprint density at radius 1 is 0.295 bits per heavy atom. The first-order chi connectivity index (χ1) is 43.5. The van der Waals surface area contributed by atoms with Gasteiger partial charge >= 0.3 is 17.9 Å². The van der Waals surface area contributed by atoms with Crippen LogP contribution in [0, 0.1) is 5.41 Å². The van der Waals surface area contributed by atoms with E-state index in [4.69, 9.17) is 19.2 Å². The van der Waals surface area contributed by atoms with E-state index < -0.39 is 50.5 Å². The number of rotatable bonds is 5. The molecule has 0 saturated heterocycles. The fourth-order valence-electron chi connectivity index (χ4n) is 30.1. The van der Waals surface area contributed by atoms with Gasteiger partial charge in [-0.2, -0.15) is 0 Å². The Bertz CT molecular complexity index is 8530. The molecule has 0 radical (unpaired) electrons. The third kappa shape index (κ3) is 1.95. The lowest BCUT2D eigenvalue weighted by molar-refractivity contribution is -0.163. The van der Waals surface area contributed by atoms with Crippen LogP contribution in [0.1, 0.15) is 44.5 Å². The number of nitrogens with zero attached hydrogens (tertiary/aromatic N) is 1. The summed E-state index contributed by atoms with van der Waals surface area (Å²) in [4.78, 5) is 57.7. The van der Waals surface area contributed by atoms with Crippen molar-refractivity contribution in [2.24, 2.45) is 10.4 Å². The van der Waals surface area contributed by atoms with Gasteiger partial charge in [0.15, 0.2) is 5.41 Å². The van der Waals surface area contributed by atoms with Crippen molar-refractivity contribution in [3.8, 4) is 0 Å². The van der Waals surface area contributed by atoms with Crippen molar-refractivity contribution in [3.05, 3.63) is 116 Å². The van der Waals surface area contributed by atoms with Crippen LogP contribution in [0.25, 0.3) is 259 Å². The van der Waals surface area contributed by atoms with Crippen LogP contribution in [-0.2, 0) is 55.8 Å². The van der Waals surface area contributed by atoms with Crippen LogP contribution in [0.2, 0.25) is 0 Å². The van der Waals surface area contributed by atoms with E-state index in [0.717, 1.165) is 49.7 Å². The summed E-state index contributed by atoms with van der Waals surface area (Å²) in [6.07, 6.45) is 0. The molecule has 0 N–H and O–H groups in total. The summed E-state index contributed by atoms with van der Waals surface area (Å²) in [7, 11) is 4.58. The zero-order valence-electron chi connectivity index (χ0n) is 45.7. The first-order valence-electron chi connectivity index (χ1n) is 31.5. The minimum atomic E-state index is -1.91. The highest BCUT2D eigenvalue weighted by Gasteiger charge is 3.03. The number of ether oxygens (including phenoxy) is 3. The lowest BCUT2D eigenvalue weighted by atomic mass is 9.41. The fraction of sp³-hybridized carbons (Fsp3) is 0.111. The molecule has 88 heavy (non-hydrogen) atoms. The van der Waals surface area contributed by atoms with Gasteiger partial charge in [-0.3, -0.25) is 14.6 Å². The molecule has 7 nitrogen and oxygen atoms in total. The van der Waals surface area contributed by atoms with Gasteiger partial charge in [0.1, 0.15) is 11.3 Å². The largest absolute Gasteiger partial charge is 0.468 e. The van der Waals surface area contributed by atoms with E-state index in [0.29, 0.717) is 5.71 Å². The summed E-state index contributed by atoms with van der Waals surface area (Å²) in [6.45, 7) is 0. The number of hydrogen-bond acceptors (Lipinski definition) is 7. The zero-order valence-corrected chi connectivity index (χ0v) is 45.7. The number of hydrogen-bond donors (Lipinski definition) is 0. The molecule has 7 heteroatoms. The monoisotopic (exact) mass is 1100 g/mol. The standard InChI is InChI=1S/C81H19NO6/c1-86-73(83)72-76-64-54-46-37-30-21-19-17-16-18-20-22(17)34-35-29(19)31(30)45-49(46)60-63(64)71-70(76)61-58-47-38-26(28-27(20)39-41(34)53-51(35)52(45)67(60)78-68(53)62-50(39)40(28)48(47)59(61)69(62)79(71,78)80(78,74(84)87-2)75(85)88-3)24(18)33-32-23(16)25(21)36-42(32)56-57(43(33)38)66(58)77(76,65(56)55(54)44(36)37)81(82-72,14-10-6-4-7-11-14)15-12-8-5-9-13-15/h4-13H,1-3H3. The quantitative estimate of drug-likeness (QED) is 0.0738. The Morgan fingerprint density at radius 2 is 0.591 bits per heavy atom. The molecule has 1 aliphatic heterocycles. The molecule has 4 atom stereocenters. The molecule has 0 bridgehead atoms. The van der Waals surface area contributed by atoms with Gasteiger partial charge in [0.2, 0.25) is 0 Å². The van der Waals surface area contributed by atoms with E-state index in [1.165, 1.54) is 278 Å². The van der Waals surface area contributed by atoms with E-state index in [9.17, 15) is 0 Å². The average Bonchev–Trinajstić information content (AvgIpc) is 1.35. The van der Waals surface area contributed by atoms with E-state index >= 15 is 14.4 Å². The Labute approximate surface area is 483 Å². The molecule has 10 aliphatic rings. The minimum absolute atomic E-state index is 0.417. The number of methoxy groups -OCH3 is 3. The second-order valence-corrected chi connectivity index (χ2v) is 30.1. The summed E-state index contributed by atoms with van der Waals surface area (Å²) >= 11 is 0. The summed E-state index contributed by atoms with van der Waals surface area (Å²) in [6, 6.07) is 22.2. The molecule has 36 rings (SSSR count). The van der Waals surface area contributed by atoms with Crippen molar-refractivity contribution >= 4 is 283 Å². The van der Waals surface area contributed by atoms with Crippen molar-refractivity contribution in [2.45, 2.75) is 27.2 Å². The Morgan fingerprint density at radius 3 is 0.989 bits per heavy atom. The lowest BCUT2D eigenvalue weighted by Gasteiger charge is -2.57. The normalized spacial score (nSPS) is 25.7. The van der Waals surface area contributed by atoms with Crippen LogP contribution in [0.5, 0.6) is 0 Å². The summed E-state index contributed by atoms with van der Waals surface area (Å²) in [5.74, 6) is -1.52. The van der Waals surface area contributed by atoms with Gasteiger partial charge in [-0.05, 0) is 314 Å². The topological polar surface area (TPSA) is 91.3 Å². The van der Waals surface area contributed by atoms with E-state index in [1.807, 2.05) is 0 Å². The van der Waals surface area contributed by atoms with Crippen LogP contribution in [0.3, 0.4) is 0 Å². The number of benzene rings is 17. The minimum Gasteiger partial charge on any atom is -0.468 e. The summed E-state index contributed by atoms with van der Waals surface area (Å²) in [5, 5.41) is 65.5. The smallest absolute Gasteiger partial charge is 0.353 e. The molecule has 1 saturated carbocycles. The maximum Gasteiger partial charge on any atom is 0.353 e. The van der Waals surface area contributed by atoms with Crippen molar-refractivity contribution in [1.82, 2.24) is 0 Å². The number of carbonyl (C=O) groups excluding carboxylic acids is 3. The van der Waals surface area contributed by atoms with Gasteiger partial charge in [-0.15, -0.1) is 0 Å². The Balaban J connectivity index is 1.07. The van der Waals surface area contributed by atoms with Gasteiger partial charge in [0.25, 0.3) is 0 Å².